The van der Waals surface area contributed by atoms with Crippen LogP contribution in [-0.2, 0) is 26.0 Å². The Morgan fingerprint density at radius 1 is 0.900 bits per heavy atom. The lowest BCUT2D eigenvalue weighted by Gasteiger charge is -2.18. The number of carbonyl (C=O) groups is 2. The summed E-state index contributed by atoms with van der Waals surface area (Å²) >= 11 is 1.08. The molecule has 0 saturated carbocycles. The van der Waals surface area contributed by atoms with Gasteiger partial charge in [-0.2, -0.15) is 4.72 Å². The normalized spacial score (nSPS) is 12.2. The maximum absolute atomic E-state index is 12.9. The summed E-state index contributed by atoms with van der Waals surface area (Å²) in [6.07, 6.45) is 0.196. The Kier molecular flexibility index (Phi) is 6.99. The first-order valence-corrected chi connectivity index (χ1v) is 11.5. The fourth-order valence-electron chi connectivity index (χ4n) is 2.77. The van der Waals surface area contributed by atoms with Gasteiger partial charge in [-0.15, -0.1) is 11.3 Å². The fourth-order valence-corrected chi connectivity index (χ4v) is 4.97. The first-order chi connectivity index (χ1) is 14.3. The minimum absolute atomic E-state index is 0.146. The monoisotopic (exact) mass is 443 g/mol. The highest BCUT2D eigenvalue weighted by Crippen LogP contribution is 2.18. The van der Waals surface area contributed by atoms with E-state index in [2.05, 4.69) is 15.4 Å². The summed E-state index contributed by atoms with van der Waals surface area (Å²) in [5.74, 6) is -0.677. The number of sulfonamides is 1. The standard InChI is InChI=1S/C21H21N3O4S2/c1-15(25)22-17-9-11-18(12-10-17)23-21(26)19(14-16-6-3-2-4-7-16)24-30(27,28)20-8-5-13-29-20/h2-13,19,24H,14H2,1H3,(H,22,25)(H,23,26). The van der Waals surface area contributed by atoms with Gasteiger partial charge < -0.3 is 10.6 Å². The van der Waals surface area contributed by atoms with Crippen LogP contribution in [0.2, 0.25) is 0 Å². The van der Waals surface area contributed by atoms with E-state index in [0.29, 0.717) is 11.4 Å². The molecule has 3 rings (SSSR count). The first kappa shape index (κ1) is 21.7. The molecule has 7 nitrogen and oxygen atoms in total. The molecule has 1 unspecified atom stereocenters. The highest BCUT2D eigenvalue weighted by Gasteiger charge is 2.26. The van der Waals surface area contributed by atoms with Crippen LogP contribution in [0.5, 0.6) is 0 Å². The zero-order chi connectivity index (χ0) is 21.6. The van der Waals surface area contributed by atoms with Gasteiger partial charge in [0, 0.05) is 18.3 Å². The third-order valence-corrected chi connectivity index (χ3v) is 7.00. The molecule has 0 radical (unpaired) electrons. The number of anilines is 2. The van der Waals surface area contributed by atoms with Crippen molar-refractivity contribution in [1.82, 2.24) is 4.72 Å². The van der Waals surface area contributed by atoms with Crippen LogP contribution in [0.1, 0.15) is 12.5 Å². The van der Waals surface area contributed by atoms with E-state index in [0.717, 1.165) is 16.9 Å². The number of rotatable bonds is 8. The second-order valence-electron chi connectivity index (χ2n) is 6.54. The smallest absolute Gasteiger partial charge is 0.250 e. The van der Waals surface area contributed by atoms with Gasteiger partial charge in [-0.05, 0) is 47.7 Å². The van der Waals surface area contributed by atoms with Gasteiger partial charge in [0.2, 0.25) is 11.8 Å². The van der Waals surface area contributed by atoms with Crippen molar-refractivity contribution < 1.29 is 18.0 Å². The first-order valence-electron chi connectivity index (χ1n) is 9.12. The van der Waals surface area contributed by atoms with Gasteiger partial charge >= 0.3 is 0 Å². The van der Waals surface area contributed by atoms with Gasteiger partial charge in [0.05, 0.1) is 0 Å². The molecule has 1 atom stereocenters. The van der Waals surface area contributed by atoms with Crippen LogP contribution in [0.15, 0.2) is 76.3 Å². The summed E-state index contributed by atoms with van der Waals surface area (Å²) in [4.78, 5) is 24.0. The molecule has 3 aromatic rings. The quantitative estimate of drug-likeness (QED) is 0.497. The van der Waals surface area contributed by atoms with E-state index in [1.165, 1.54) is 13.0 Å². The Bertz CT molecular complexity index is 1100. The van der Waals surface area contributed by atoms with Crippen LogP contribution in [-0.4, -0.2) is 26.3 Å². The lowest BCUT2D eigenvalue weighted by Crippen LogP contribution is -2.45. The molecular weight excluding hydrogens is 422 g/mol. The predicted octanol–water partition coefficient (Wildman–Crippen LogP) is 3.23. The molecule has 2 amide bonds. The van der Waals surface area contributed by atoms with Crippen LogP contribution in [0, 0.1) is 0 Å². The molecule has 0 aliphatic rings. The Hall–Kier alpha value is -3.01. The Morgan fingerprint density at radius 2 is 1.53 bits per heavy atom. The van der Waals surface area contributed by atoms with Gasteiger partial charge in [0.1, 0.15) is 10.3 Å². The Labute approximate surface area is 179 Å². The average molecular weight is 444 g/mol. The number of benzene rings is 2. The van der Waals surface area contributed by atoms with E-state index in [1.54, 1.807) is 35.7 Å². The molecular formula is C21H21N3O4S2. The van der Waals surface area contributed by atoms with Crippen LogP contribution in [0.3, 0.4) is 0 Å². The topological polar surface area (TPSA) is 104 Å². The molecule has 0 bridgehead atoms. The number of carbonyl (C=O) groups excluding carboxylic acids is 2. The predicted molar refractivity (Wildman–Crippen MR) is 118 cm³/mol. The number of hydrogen-bond acceptors (Lipinski definition) is 5. The second-order valence-corrected chi connectivity index (χ2v) is 9.43. The molecule has 0 aliphatic heterocycles. The zero-order valence-corrected chi connectivity index (χ0v) is 17.8. The molecule has 0 fully saturated rings. The second kappa shape index (κ2) is 9.66. The van der Waals surface area contributed by atoms with Crippen molar-refractivity contribution in [3.05, 3.63) is 77.7 Å². The van der Waals surface area contributed by atoms with E-state index in [1.807, 2.05) is 30.3 Å². The van der Waals surface area contributed by atoms with Crippen molar-refractivity contribution in [2.45, 2.75) is 23.6 Å². The molecule has 2 aromatic carbocycles. The number of thiophene rings is 1. The fraction of sp³-hybridized carbons (Fsp3) is 0.143. The molecule has 156 valence electrons. The van der Waals surface area contributed by atoms with Crippen LogP contribution in [0.4, 0.5) is 11.4 Å². The third kappa shape index (κ3) is 5.99. The van der Waals surface area contributed by atoms with Gasteiger partial charge in [-0.25, -0.2) is 8.42 Å². The zero-order valence-electron chi connectivity index (χ0n) is 16.2. The number of nitrogens with one attached hydrogen (secondary N) is 3. The van der Waals surface area contributed by atoms with Crippen LogP contribution < -0.4 is 15.4 Å². The van der Waals surface area contributed by atoms with Crippen molar-refractivity contribution in [2.24, 2.45) is 0 Å². The molecule has 3 N–H and O–H groups in total. The maximum atomic E-state index is 12.9. The summed E-state index contributed by atoms with van der Waals surface area (Å²) in [5, 5.41) is 7.04. The highest BCUT2D eigenvalue weighted by molar-refractivity contribution is 7.91. The lowest BCUT2D eigenvalue weighted by molar-refractivity contribution is -0.117. The Morgan fingerprint density at radius 3 is 2.10 bits per heavy atom. The highest BCUT2D eigenvalue weighted by atomic mass is 32.2. The SMILES string of the molecule is CC(=O)Nc1ccc(NC(=O)C(Cc2ccccc2)NS(=O)(=O)c2cccs2)cc1. The minimum atomic E-state index is -3.83. The molecule has 1 heterocycles. The molecule has 0 saturated heterocycles. The van der Waals surface area contributed by atoms with E-state index >= 15 is 0 Å². The van der Waals surface area contributed by atoms with Crippen molar-refractivity contribution in [2.75, 3.05) is 10.6 Å². The number of hydrogen-bond donors (Lipinski definition) is 3. The van der Waals surface area contributed by atoms with Crippen molar-refractivity contribution in [3.63, 3.8) is 0 Å². The van der Waals surface area contributed by atoms with E-state index in [9.17, 15) is 18.0 Å². The van der Waals surface area contributed by atoms with Crippen LogP contribution in [0.25, 0.3) is 0 Å². The van der Waals surface area contributed by atoms with Gasteiger partial charge in [0.25, 0.3) is 10.0 Å². The molecule has 1 aromatic heterocycles. The van der Waals surface area contributed by atoms with Gasteiger partial charge in [0.15, 0.2) is 0 Å². The van der Waals surface area contributed by atoms with Gasteiger partial charge in [-0.3, -0.25) is 9.59 Å². The largest absolute Gasteiger partial charge is 0.326 e. The molecule has 9 heteroatoms. The van der Waals surface area contributed by atoms with Crippen molar-refractivity contribution >= 4 is 44.5 Å². The van der Waals surface area contributed by atoms with E-state index in [-0.39, 0.29) is 16.5 Å². The molecule has 0 spiro atoms. The Balaban J connectivity index is 1.78. The molecule has 0 aliphatic carbocycles. The molecule has 30 heavy (non-hydrogen) atoms. The van der Waals surface area contributed by atoms with E-state index in [4.69, 9.17) is 0 Å². The maximum Gasteiger partial charge on any atom is 0.250 e. The summed E-state index contributed by atoms with van der Waals surface area (Å²) in [5.41, 5.74) is 1.91. The summed E-state index contributed by atoms with van der Waals surface area (Å²) < 4.78 is 28.0. The lowest BCUT2D eigenvalue weighted by atomic mass is 10.1. The summed E-state index contributed by atoms with van der Waals surface area (Å²) in [7, 11) is -3.83. The van der Waals surface area contributed by atoms with Crippen LogP contribution >= 0.6 is 11.3 Å². The summed E-state index contributed by atoms with van der Waals surface area (Å²) in [6, 6.07) is 17.9. The van der Waals surface area contributed by atoms with Gasteiger partial charge in [-0.1, -0.05) is 36.4 Å². The number of amides is 2. The third-order valence-electron chi connectivity index (χ3n) is 4.13. The average Bonchev–Trinajstić information content (AvgIpc) is 3.25. The van der Waals surface area contributed by atoms with Crippen molar-refractivity contribution in [3.8, 4) is 0 Å². The summed E-state index contributed by atoms with van der Waals surface area (Å²) in [6.45, 7) is 1.41. The van der Waals surface area contributed by atoms with Crippen molar-refractivity contribution in [1.29, 1.82) is 0 Å². The van der Waals surface area contributed by atoms with E-state index < -0.39 is 22.0 Å². The minimum Gasteiger partial charge on any atom is -0.326 e.